The highest BCUT2D eigenvalue weighted by Gasteiger charge is 2.05. The Morgan fingerprint density at radius 1 is 1.60 bits per heavy atom. The summed E-state index contributed by atoms with van der Waals surface area (Å²) in [7, 11) is 0. The number of hydrogen-bond donors (Lipinski definition) is 0. The zero-order valence-corrected chi connectivity index (χ0v) is 6.59. The molecule has 58 valence electrons. The van der Waals surface area contributed by atoms with Crippen LogP contribution in [-0.4, -0.2) is 12.1 Å². The van der Waals surface area contributed by atoms with Gasteiger partial charge < -0.3 is 4.79 Å². The van der Waals surface area contributed by atoms with Crippen molar-refractivity contribution in [2.24, 2.45) is 5.92 Å². The highest BCUT2D eigenvalue weighted by molar-refractivity contribution is 5.80. The zero-order valence-electron chi connectivity index (χ0n) is 6.59. The molecule has 2 heteroatoms. The highest BCUT2D eigenvalue weighted by atomic mass is 16.1. The molecule has 0 heterocycles. The summed E-state index contributed by atoms with van der Waals surface area (Å²) in [4.78, 5) is 20.9. The second-order valence-corrected chi connectivity index (χ2v) is 2.61. The van der Waals surface area contributed by atoms with Gasteiger partial charge in [-0.15, -0.1) is 0 Å². The maximum atomic E-state index is 10.9. The van der Waals surface area contributed by atoms with E-state index in [1.54, 1.807) is 6.92 Å². The van der Waals surface area contributed by atoms with Gasteiger partial charge >= 0.3 is 0 Å². The lowest BCUT2D eigenvalue weighted by atomic mass is 10.0. The van der Waals surface area contributed by atoms with E-state index in [1.807, 2.05) is 6.92 Å². The molecular formula is C8H14O2. The zero-order chi connectivity index (χ0) is 7.98. The van der Waals surface area contributed by atoms with Crippen LogP contribution < -0.4 is 0 Å². The van der Waals surface area contributed by atoms with Gasteiger partial charge in [-0.2, -0.15) is 0 Å². The molecule has 0 rings (SSSR count). The summed E-state index contributed by atoms with van der Waals surface area (Å²) in [6, 6.07) is 0. The second kappa shape index (κ2) is 5.15. The molecule has 0 saturated heterocycles. The van der Waals surface area contributed by atoms with E-state index < -0.39 is 0 Å². The monoisotopic (exact) mass is 142 g/mol. The fourth-order valence-corrected chi connectivity index (χ4v) is 0.788. The summed E-state index contributed by atoms with van der Waals surface area (Å²) < 4.78 is 0. The minimum atomic E-state index is -0.0981. The molecular weight excluding hydrogens is 128 g/mol. The first-order chi connectivity index (χ1) is 4.70. The van der Waals surface area contributed by atoms with Crippen molar-refractivity contribution in [3.63, 3.8) is 0 Å². The molecule has 0 amide bonds. The predicted molar refractivity (Wildman–Crippen MR) is 39.8 cm³/mol. The first-order valence-corrected chi connectivity index (χ1v) is 3.67. The molecule has 1 atom stereocenters. The van der Waals surface area contributed by atoms with Crippen LogP contribution in [-0.2, 0) is 9.59 Å². The highest BCUT2D eigenvalue weighted by Crippen LogP contribution is 2.02. The SMILES string of the molecule is CCCC(=O)CC(C)C=O. The number of rotatable bonds is 5. The Morgan fingerprint density at radius 3 is 2.60 bits per heavy atom. The van der Waals surface area contributed by atoms with Crippen molar-refractivity contribution in [1.82, 2.24) is 0 Å². The van der Waals surface area contributed by atoms with E-state index in [2.05, 4.69) is 0 Å². The van der Waals surface area contributed by atoms with Gasteiger partial charge in [0.25, 0.3) is 0 Å². The average molecular weight is 142 g/mol. The van der Waals surface area contributed by atoms with Gasteiger partial charge in [-0.1, -0.05) is 13.8 Å². The number of hydrogen-bond acceptors (Lipinski definition) is 2. The second-order valence-electron chi connectivity index (χ2n) is 2.61. The predicted octanol–water partition coefficient (Wildman–Crippen LogP) is 1.58. The lowest BCUT2D eigenvalue weighted by Gasteiger charge is -1.99. The molecule has 0 saturated carbocycles. The third-order valence-electron chi connectivity index (χ3n) is 1.31. The van der Waals surface area contributed by atoms with Gasteiger partial charge in [0.1, 0.15) is 12.1 Å². The van der Waals surface area contributed by atoms with Crippen molar-refractivity contribution in [3.05, 3.63) is 0 Å². The number of aldehydes is 1. The topological polar surface area (TPSA) is 34.1 Å². The molecule has 0 spiro atoms. The summed E-state index contributed by atoms with van der Waals surface area (Å²) in [6.07, 6.45) is 2.73. The molecule has 0 bridgehead atoms. The maximum Gasteiger partial charge on any atom is 0.133 e. The molecule has 10 heavy (non-hydrogen) atoms. The molecule has 0 aromatic carbocycles. The quantitative estimate of drug-likeness (QED) is 0.546. The average Bonchev–Trinajstić information content (AvgIpc) is 1.88. The number of carbonyl (C=O) groups is 2. The van der Waals surface area contributed by atoms with Gasteiger partial charge in [0.2, 0.25) is 0 Å². The van der Waals surface area contributed by atoms with Crippen LogP contribution >= 0.6 is 0 Å². The number of ketones is 1. The van der Waals surface area contributed by atoms with E-state index in [9.17, 15) is 9.59 Å². The van der Waals surface area contributed by atoms with Gasteiger partial charge in [0.15, 0.2) is 0 Å². The number of carbonyl (C=O) groups excluding carboxylic acids is 2. The molecule has 0 aromatic heterocycles. The summed E-state index contributed by atoms with van der Waals surface area (Å²) in [5.74, 6) is 0.0983. The van der Waals surface area contributed by atoms with Crippen LogP contribution in [0.1, 0.15) is 33.1 Å². The Morgan fingerprint density at radius 2 is 2.20 bits per heavy atom. The van der Waals surface area contributed by atoms with E-state index in [0.29, 0.717) is 12.8 Å². The summed E-state index contributed by atoms with van der Waals surface area (Å²) in [6.45, 7) is 3.73. The normalized spacial score (nSPS) is 12.6. The van der Waals surface area contributed by atoms with E-state index >= 15 is 0 Å². The van der Waals surface area contributed by atoms with Gasteiger partial charge in [0, 0.05) is 18.8 Å². The molecule has 0 radical (unpaired) electrons. The lowest BCUT2D eigenvalue weighted by Crippen LogP contribution is -2.05. The van der Waals surface area contributed by atoms with E-state index in [0.717, 1.165) is 12.7 Å². The van der Waals surface area contributed by atoms with Gasteiger partial charge in [-0.05, 0) is 6.42 Å². The van der Waals surface area contributed by atoms with E-state index in [4.69, 9.17) is 0 Å². The van der Waals surface area contributed by atoms with Crippen LogP contribution in [0, 0.1) is 5.92 Å². The Bertz CT molecular complexity index is 118. The van der Waals surface area contributed by atoms with Gasteiger partial charge in [-0.3, -0.25) is 4.79 Å². The van der Waals surface area contributed by atoms with Crippen LogP contribution in [0.15, 0.2) is 0 Å². The first kappa shape index (κ1) is 9.34. The first-order valence-electron chi connectivity index (χ1n) is 3.67. The fourth-order valence-electron chi connectivity index (χ4n) is 0.788. The van der Waals surface area contributed by atoms with E-state index in [-0.39, 0.29) is 11.7 Å². The molecule has 0 fully saturated rings. The van der Waals surface area contributed by atoms with Crippen molar-refractivity contribution in [2.45, 2.75) is 33.1 Å². The Kier molecular flexibility index (Phi) is 4.81. The van der Waals surface area contributed by atoms with Crippen LogP contribution in [0.3, 0.4) is 0 Å². The Balaban J connectivity index is 3.46. The summed E-state index contributed by atoms with van der Waals surface area (Å²) in [5, 5.41) is 0. The summed E-state index contributed by atoms with van der Waals surface area (Å²) >= 11 is 0. The Hall–Kier alpha value is -0.660. The number of Topliss-reactive ketones (excluding diaryl/α,β-unsaturated/α-hetero) is 1. The summed E-state index contributed by atoms with van der Waals surface area (Å²) in [5.41, 5.74) is 0. The third kappa shape index (κ3) is 4.24. The van der Waals surface area contributed by atoms with Crippen molar-refractivity contribution in [2.75, 3.05) is 0 Å². The maximum absolute atomic E-state index is 10.9. The molecule has 0 aliphatic rings. The van der Waals surface area contributed by atoms with E-state index in [1.165, 1.54) is 0 Å². The largest absolute Gasteiger partial charge is 0.303 e. The Labute approximate surface area is 61.6 Å². The standard InChI is InChI=1S/C8H14O2/c1-3-4-8(10)5-7(2)6-9/h6-7H,3-5H2,1-2H3. The van der Waals surface area contributed by atoms with Gasteiger partial charge in [-0.25, -0.2) is 0 Å². The third-order valence-corrected chi connectivity index (χ3v) is 1.31. The van der Waals surface area contributed by atoms with Crippen LogP contribution in [0.2, 0.25) is 0 Å². The van der Waals surface area contributed by atoms with Crippen molar-refractivity contribution in [1.29, 1.82) is 0 Å². The van der Waals surface area contributed by atoms with Gasteiger partial charge in [0.05, 0.1) is 0 Å². The smallest absolute Gasteiger partial charge is 0.133 e. The van der Waals surface area contributed by atoms with Crippen LogP contribution in [0.5, 0.6) is 0 Å². The minimum Gasteiger partial charge on any atom is -0.303 e. The van der Waals surface area contributed by atoms with Crippen molar-refractivity contribution in [3.8, 4) is 0 Å². The molecule has 0 aromatic rings. The fraction of sp³-hybridized carbons (Fsp3) is 0.750. The van der Waals surface area contributed by atoms with Crippen LogP contribution in [0.25, 0.3) is 0 Å². The molecule has 0 aliphatic heterocycles. The molecule has 0 aliphatic carbocycles. The lowest BCUT2D eigenvalue weighted by molar-refractivity contribution is -0.122. The minimum absolute atomic E-state index is 0.0981. The molecule has 1 unspecified atom stereocenters. The molecule has 0 N–H and O–H groups in total. The molecule has 2 nitrogen and oxygen atoms in total. The van der Waals surface area contributed by atoms with Crippen molar-refractivity contribution < 1.29 is 9.59 Å². The van der Waals surface area contributed by atoms with Crippen LogP contribution in [0.4, 0.5) is 0 Å². The van der Waals surface area contributed by atoms with Crippen molar-refractivity contribution >= 4 is 12.1 Å².